The Morgan fingerprint density at radius 2 is 2.23 bits per heavy atom. The Bertz CT molecular complexity index is 376. The van der Waals surface area contributed by atoms with Crippen molar-refractivity contribution in [2.24, 2.45) is 0 Å². The molecule has 0 heterocycles. The summed E-state index contributed by atoms with van der Waals surface area (Å²) in [5, 5.41) is 8.45. The zero-order valence-electron chi connectivity index (χ0n) is 7.26. The maximum atomic E-state index is 12.9. The first-order valence-corrected chi connectivity index (χ1v) is 3.80. The maximum absolute atomic E-state index is 12.9. The topological polar surface area (TPSA) is 46.2 Å². The summed E-state index contributed by atoms with van der Waals surface area (Å²) in [5.74, 6) is 4.61. The summed E-state index contributed by atoms with van der Waals surface area (Å²) in [7, 11) is 0. The first kappa shape index (κ1) is 9.56. The normalized spacial score (nSPS) is 9.15. The van der Waals surface area contributed by atoms with Gasteiger partial charge in [-0.05, 0) is 24.6 Å². The van der Waals surface area contributed by atoms with Crippen LogP contribution in [0.4, 0.5) is 10.1 Å². The SMILES string of the molecule is Cc1cc(N)c(F)cc1C#CCO. The third kappa shape index (κ3) is 2.20. The number of anilines is 1. The van der Waals surface area contributed by atoms with Gasteiger partial charge in [-0.15, -0.1) is 0 Å². The summed E-state index contributed by atoms with van der Waals surface area (Å²) in [6.07, 6.45) is 0. The highest BCUT2D eigenvalue weighted by atomic mass is 19.1. The van der Waals surface area contributed by atoms with E-state index in [0.29, 0.717) is 5.56 Å². The van der Waals surface area contributed by atoms with Crippen LogP contribution < -0.4 is 5.73 Å². The summed E-state index contributed by atoms with van der Waals surface area (Å²) >= 11 is 0. The van der Waals surface area contributed by atoms with E-state index in [-0.39, 0.29) is 12.3 Å². The lowest BCUT2D eigenvalue weighted by Crippen LogP contribution is -1.94. The molecule has 0 aliphatic rings. The molecule has 1 aromatic carbocycles. The van der Waals surface area contributed by atoms with E-state index in [4.69, 9.17) is 10.8 Å². The first-order valence-electron chi connectivity index (χ1n) is 3.80. The van der Waals surface area contributed by atoms with E-state index < -0.39 is 5.82 Å². The Morgan fingerprint density at radius 1 is 1.54 bits per heavy atom. The minimum atomic E-state index is -0.479. The van der Waals surface area contributed by atoms with Crippen LogP contribution in [0.25, 0.3) is 0 Å². The molecular formula is C10H10FNO. The van der Waals surface area contributed by atoms with Crippen LogP contribution in [0.2, 0.25) is 0 Å². The quantitative estimate of drug-likeness (QED) is 0.462. The molecule has 1 rings (SSSR count). The molecule has 68 valence electrons. The molecular weight excluding hydrogens is 169 g/mol. The van der Waals surface area contributed by atoms with Crippen LogP contribution in [-0.4, -0.2) is 11.7 Å². The minimum Gasteiger partial charge on any atom is -0.396 e. The number of aliphatic hydroxyl groups is 1. The van der Waals surface area contributed by atoms with Crippen molar-refractivity contribution in [2.75, 3.05) is 12.3 Å². The summed E-state index contributed by atoms with van der Waals surface area (Å²) in [6.45, 7) is 1.56. The van der Waals surface area contributed by atoms with E-state index in [2.05, 4.69) is 11.8 Å². The fraction of sp³-hybridized carbons (Fsp3) is 0.200. The van der Waals surface area contributed by atoms with Gasteiger partial charge in [0, 0.05) is 5.56 Å². The van der Waals surface area contributed by atoms with E-state index in [9.17, 15) is 4.39 Å². The van der Waals surface area contributed by atoms with Gasteiger partial charge in [-0.25, -0.2) is 4.39 Å². The van der Waals surface area contributed by atoms with Crippen LogP contribution in [0.15, 0.2) is 12.1 Å². The lowest BCUT2D eigenvalue weighted by atomic mass is 10.1. The van der Waals surface area contributed by atoms with Crippen LogP contribution in [0.3, 0.4) is 0 Å². The van der Waals surface area contributed by atoms with E-state index in [0.717, 1.165) is 5.56 Å². The lowest BCUT2D eigenvalue weighted by molar-refractivity contribution is 0.350. The van der Waals surface area contributed by atoms with Crippen molar-refractivity contribution in [3.8, 4) is 11.8 Å². The van der Waals surface area contributed by atoms with Gasteiger partial charge in [0.05, 0.1) is 5.69 Å². The summed E-state index contributed by atoms with van der Waals surface area (Å²) in [4.78, 5) is 0. The minimum absolute atomic E-state index is 0.118. The van der Waals surface area contributed by atoms with Gasteiger partial charge in [-0.3, -0.25) is 0 Å². The summed E-state index contributed by atoms with van der Waals surface area (Å²) in [6, 6.07) is 2.80. The molecule has 0 saturated carbocycles. The number of halogens is 1. The highest BCUT2D eigenvalue weighted by Crippen LogP contribution is 2.15. The molecule has 1 aromatic rings. The summed E-state index contributed by atoms with van der Waals surface area (Å²) < 4.78 is 12.9. The fourth-order valence-electron chi connectivity index (χ4n) is 0.973. The second-order valence-electron chi connectivity index (χ2n) is 2.65. The van der Waals surface area contributed by atoms with Crippen molar-refractivity contribution >= 4 is 5.69 Å². The number of aliphatic hydroxyl groups excluding tert-OH is 1. The Morgan fingerprint density at radius 3 is 2.85 bits per heavy atom. The average Bonchev–Trinajstić information content (AvgIpc) is 2.09. The number of aryl methyl sites for hydroxylation is 1. The number of benzene rings is 1. The van der Waals surface area contributed by atoms with Crippen LogP contribution in [-0.2, 0) is 0 Å². The molecule has 0 bridgehead atoms. The molecule has 0 spiro atoms. The third-order valence-electron chi connectivity index (χ3n) is 1.65. The Labute approximate surface area is 76.2 Å². The zero-order chi connectivity index (χ0) is 9.84. The second-order valence-corrected chi connectivity index (χ2v) is 2.65. The smallest absolute Gasteiger partial charge is 0.147 e. The van der Waals surface area contributed by atoms with Gasteiger partial charge >= 0.3 is 0 Å². The van der Waals surface area contributed by atoms with Crippen LogP contribution in [0, 0.1) is 24.6 Å². The van der Waals surface area contributed by atoms with Gasteiger partial charge in [0.1, 0.15) is 12.4 Å². The van der Waals surface area contributed by atoms with Gasteiger partial charge < -0.3 is 10.8 Å². The molecule has 0 aliphatic heterocycles. The van der Waals surface area contributed by atoms with Crippen molar-refractivity contribution in [1.29, 1.82) is 0 Å². The molecule has 0 fully saturated rings. The molecule has 0 aromatic heterocycles. The Hall–Kier alpha value is -1.53. The van der Waals surface area contributed by atoms with Gasteiger partial charge in [-0.1, -0.05) is 11.8 Å². The lowest BCUT2D eigenvalue weighted by Gasteiger charge is -2.01. The highest BCUT2D eigenvalue weighted by molar-refractivity contribution is 5.51. The predicted octanol–water partition coefficient (Wildman–Crippen LogP) is 1.06. The average molecular weight is 179 g/mol. The predicted molar refractivity (Wildman–Crippen MR) is 49.5 cm³/mol. The third-order valence-corrected chi connectivity index (χ3v) is 1.65. The molecule has 0 radical (unpaired) electrons. The van der Waals surface area contributed by atoms with Crippen molar-refractivity contribution in [2.45, 2.75) is 6.92 Å². The monoisotopic (exact) mass is 179 g/mol. The standard InChI is InChI=1S/C10H10FNO/c1-7-5-10(12)9(11)6-8(7)3-2-4-13/h5-6,13H,4,12H2,1H3. The number of hydrogen-bond acceptors (Lipinski definition) is 2. The highest BCUT2D eigenvalue weighted by Gasteiger charge is 2.01. The molecule has 0 aliphatic carbocycles. The Kier molecular flexibility index (Phi) is 2.88. The molecule has 3 N–H and O–H groups in total. The van der Waals surface area contributed by atoms with E-state index in [1.165, 1.54) is 12.1 Å². The number of hydrogen-bond donors (Lipinski definition) is 2. The molecule has 0 atom stereocenters. The van der Waals surface area contributed by atoms with Gasteiger partial charge in [-0.2, -0.15) is 0 Å². The van der Waals surface area contributed by atoms with Gasteiger partial charge in [0.15, 0.2) is 0 Å². The van der Waals surface area contributed by atoms with Crippen LogP contribution in [0.5, 0.6) is 0 Å². The molecule has 0 amide bonds. The molecule has 2 nitrogen and oxygen atoms in total. The molecule has 13 heavy (non-hydrogen) atoms. The van der Waals surface area contributed by atoms with Crippen molar-refractivity contribution < 1.29 is 9.50 Å². The molecule has 0 saturated heterocycles. The van der Waals surface area contributed by atoms with E-state index >= 15 is 0 Å². The maximum Gasteiger partial charge on any atom is 0.147 e. The van der Waals surface area contributed by atoms with Gasteiger partial charge in [0.25, 0.3) is 0 Å². The molecule has 3 heteroatoms. The van der Waals surface area contributed by atoms with Crippen molar-refractivity contribution in [1.82, 2.24) is 0 Å². The Balaban J connectivity index is 3.16. The van der Waals surface area contributed by atoms with Gasteiger partial charge in [0.2, 0.25) is 0 Å². The number of rotatable bonds is 0. The largest absolute Gasteiger partial charge is 0.396 e. The fourth-order valence-corrected chi connectivity index (χ4v) is 0.973. The van der Waals surface area contributed by atoms with E-state index in [1.807, 2.05) is 0 Å². The van der Waals surface area contributed by atoms with E-state index in [1.54, 1.807) is 6.92 Å². The number of nitrogen functional groups attached to an aromatic ring is 1. The summed E-state index contributed by atoms with van der Waals surface area (Å²) in [5.41, 5.74) is 6.82. The van der Waals surface area contributed by atoms with Crippen LogP contribution >= 0.6 is 0 Å². The van der Waals surface area contributed by atoms with Crippen molar-refractivity contribution in [3.05, 3.63) is 29.1 Å². The van der Waals surface area contributed by atoms with Crippen molar-refractivity contribution in [3.63, 3.8) is 0 Å². The first-order chi connectivity index (χ1) is 6.15. The second kappa shape index (κ2) is 3.92. The molecule has 0 unspecified atom stereocenters. The van der Waals surface area contributed by atoms with Crippen LogP contribution in [0.1, 0.15) is 11.1 Å². The zero-order valence-corrected chi connectivity index (χ0v) is 7.26. The number of nitrogens with two attached hydrogens (primary N) is 1.